The Balaban J connectivity index is 1.96. The lowest BCUT2D eigenvalue weighted by atomic mass is 10.1. The van der Waals surface area contributed by atoms with Crippen LogP contribution in [0.25, 0.3) is 0 Å². The van der Waals surface area contributed by atoms with Gasteiger partial charge in [0.25, 0.3) is 5.91 Å². The van der Waals surface area contributed by atoms with Gasteiger partial charge in [-0.25, -0.2) is 4.98 Å². The summed E-state index contributed by atoms with van der Waals surface area (Å²) < 4.78 is 5.76. The largest absolute Gasteiger partial charge is 0.474 e. The number of nitrogens with zero attached hydrogens (tertiary/aromatic N) is 2. The zero-order valence-corrected chi connectivity index (χ0v) is 11.5. The molecule has 0 bridgehead atoms. The third kappa shape index (κ3) is 3.26. The summed E-state index contributed by atoms with van der Waals surface area (Å²) in [4.78, 5) is 28.8. The number of likely N-dealkylation sites (tertiary alicyclic amines) is 1. The van der Waals surface area contributed by atoms with E-state index in [1.807, 2.05) is 11.8 Å². The Labute approximate surface area is 117 Å². The summed E-state index contributed by atoms with van der Waals surface area (Å²) in [5.41, 5.74) is 5.58. The number of hydrogen-bond donors (Lipinski definition) is 1. The Bertz CT molecular complexity index is 496. The van der Waals surface area contributed by atoms with Crippen LogP contribution in [-0.2, 0) is 4.79 Å². The minimum Gasteiger partial charge on any atom is -0.474 e. The summed E-state index contributed by atoms with van der Waals surface area (Å²) in [6, 6.07) is 3.25. The first-order valence-corrected chi connectivity index (χ1v) is 6.81. The van der Waals surface area contributed by atoms with E-state index in [2.05, 4.69) is 4.98 Å². The molecule has 2 heterocycles. The lowest BCUT2D eigenvalue weighted by Crippen LogP contribution is -2.41. The predicted molar refractivity (Wildman–Crippen MR) is 73.3 cm³/mol. The molecule has 1 aromatic heterocycles. The molecule has 2 N–H and O–H groups in total. The molecule has 1 aliphatic heterocycles. The van der Waals surface area contributed by atoms with Gasteiger partial charge in [0.15, 0.2) is 0 Å². The van der Waals surface area contributed by atoms with Gasteiger partial charge in [0.05, 0.1) is 0 Å². The van der Waals surface area contributed by atoms with Gasteiger partial charge in [-0.15, -0.1) is 0 Å². The molecule has 108 valence electrons. The number of aromatic nitrogens is 1. The molecule has 0 spiro atoms. The van der Waals surface area contributed by atoms with Gasteiger partial charge in [-0.3, -0.25) is 9.59 Å². The summed E-state index contributed by atoms with van der Waals surface area (Å²) in [6.07, 6.45) is 3.53. The Morgan fingerprint density at radius 2 is 2.15 bits per heavy atom. The quantitative estimate of drug-likeness (QED) is 0.888. The van der Waals surface area contributed by atoms with Crippen molar-refractivity contribution >= 4 is 11.8 Å². The molecule has 0 saturated carbocycles. The normalized spacial score (nSPS) is 15.9. The Kier molecular flexibility index (Phi) is 4.55. The molecule has 2 amide bonds. The van der Waals surface area contributed by atoms with Crippen LogP contribution in [0.3, 0.4) is 0 Å². The highest BCUT2D eigenvalue weighted by atomic mass is 16.5. The van der Waals surface area contributed by atoms with Crippen LogP contribution < -0.4 is 10.5 Å². The highest BCUT2D eigenvalue weighted by Gasteiger charge is 2.24. The molecular formula is C14H19N3O3. The summed E-state index contributed by atoms with van der Waals surface area (Å²) in [7, 11) is 0. The van der Waals surface area contributed by atoms with Crippen molar-refractivity contribution < 1.29 is 14.3 Å². The Hall–Kier alpha value is -2.11. The van der Waals surface area contributed by atoms with Crippen LogP contribution >= 0.6 is 0 Å². The molecule has 0 unspecified atom stereocenters. The number of amides is 2. The molecule has 0 radical (unpaired) electrons. The van der Waals surface area contributed by atoms with Crippen LogP contribution in [0.5, 0.6) is 5.88 Å². The third-order valence-corrected chi connectivity index (χ3v) is 3.41. The monoisotopic (exact) mass is 277 g/mol. The molecule has 1 fully saturated rings. The predicted octanol–water partition coefficient (Wildman–Crippen LogP) is 0.960. The Morgan fingerprint density at radius 1 is 1.45 bits per heavy atom. The molecular weight excluding hydrogens is 258 g/mol. The van der Waals surface area contributed by atoms with Gasteiger partial charge >= 0.3 is 0 Å². The van der Waals surface area contributed by atoms with E-state index in [1.54, 1.807) is 18.3 Å². The molecule has 1 saturated heterocycles. The summed E-state index contributed by atoms with van der Waals surface area (Å²) in [5, 5.41) is 0. The topological polar surface area (TPSA) is 85.5 Å². The van der Waals surface area contributed by atoms with E-state index in [1.165, 1.54) is 0 Å². The van der Waals surface area contributed by atoms with Gasteiger partial charge in [0.2, 0.25) is 11.8 Å². The first kappa shape index (κ1) is 14.3. The zero-order valence-electron chi connectivity index (χ0n) is 11.5. The lowest BCUT2D eigenvalue weighted by Gasteiger charge is -2.32. The third-order valence-electron chi connectivity index (χ3n) is 3.41. The number of nitrogens with two attached hydrogens (primary N) is 1. The molecule has 20 heavy (non-hydrogen) atoms. The fraction of sp³-hybridized carbons (Fsp3) is 0.500. The molecule has 0 atom stereocenters. The zero-order chi connectivity index (χ0) is 14.5. The minimum absolute atomic E-state index is 0.0380. The maximum atomic E-state index is 11.6. The number of ether oxygens (including phenoxy) is 1. The van der Waals surface area contributed by atoms with E-state index < -0.39 is 5.91 Å². The van der Waals surface area contributed by atoms with Crippen molar-refractivity contribution in [1.82, 2.24) is 9.88 Å². The first-order valence-electron chi connectivity index (χ1n) is 6.81. The second kappa shape index (κ2) is 6.36. The average molecular weight is 277 g/mol. The SMILES string of the molecule is CCC(=O)N1CCC(Oc2ncccc2C(N)=O)CC1. The van der Waals surface area contributed by atoms with Crippen LogP contribution in [0.2, 0.25) is 0 Å². The van der Waals surface area contributed by atoms with Crippen LogP contribution in [-0.4, -0.2) is 40.9 Å². The van der Waals surface area contributed by atoms with Crippen molar-refractivity contribution in [2.75, 3.05) is 13.1 Å². The van der Waals surface area contributed by atoms with Gasteiger partial charge < -0.3 is 15.4 Å². The number of piperidine rings is 1. The molecule has 0 aliphatic carbocycles. The van der Waals surface area contributed by atoms with Gasteiger partial charge in [0.1, 0.15) is 11.7 Å². The van der Waals surface area contributed by atoms with Gasteiger partial charge in [-0.05, 0) is 12.1 Å². The summed E-state index contributed by atoms with van der Waals surface area (Å²) in [6.45, 7) is 3.21. The van der Waals surface area contributed by atoms with Gasteiger partial charge in [-0.1, -0.05) is 6.92 Å². The van der Waals surface area contributed by atoms with Crippen molar-refractivity contribution in [1.29, 1.82) is 0 Å². The molecule has 1 aliphatic rings. The second-order valence-corrected chi connectivity index (χ2v) is 4.77. The number of rotatable bonds is 4. The molecule has 6 nitrogen and oxygen atoms in total. The molecule has 1 aromatic rings. The highest BCUT2D eigenvalue weighted by Crippen LogP contribution is 2.20. The van der Waals surface area contributed by atoms with Crippen molar-refractivity contribution in [3.05, 3.63) is 23.9 Å². The van der Waals surface area contributed by atoms with Gasteiger partial charge in [0, 0.05) is 38.5 Å². The van der Waals surface area contributed by atoms with E-state index in [0.717, 1.165) is 12.8 Å². The van der Waals surface area contributed by atoms with Crippen molar-refractivity contribution in [2.45, 2.75) is 32.3 Å². The fourth-order valence-corrected chi connectivity index (χ4v) is 2.28. The molecule has 6 heteroatoms. The Morgan fingerprint density at radius 3 is 2.75 bits per heavy atom. The molecule has 2 rings (SSSR count). The van der Waals surface area contributed by atoms with Crippen LogP contribution in [0, 0.1) is 0 Å². The first-order chi connectivity index (χ1) is 9.61. The van der Waals surface area contributed by atoms with Crippen molar-refractivity contribution in [3.8, 4) is 5.88 Å². The molecule has 0 aromatic carbocycles. The van der Waals surface area contributed by atoms with Crippen LogP contribution in [0.4, 0.5) is 0 Å². The fourth-order valence-electron chi connectivity index (χ4n) is 2.28. The van der Waals surface area contributed by atoms with E-state index in [-0.39, 0.29) is 17.9 Å². The number of hydrogen-bond acceptors (Lipinski definition) is 4. The van der Waals surface area contributed by atoms with Gasteiger partial charge in [-0.2, -0.15) is 0 Å². The van der Waals surface area contributed by atoms with E-state index in [9.17, 15) is 9.59 Å². The van der Waals surface area contributed by atoms with E-state index in [4.69, 9.17) is 10.5 Å². The van der Waals surface area contributed by atoms with Crippen LogP contribution in [0.1, 0.15) is 36.5 Å². The van der Waals surface area contributed by atoms with Crippen molar-refractivity contribution in [2.24, 2.45) is 5.73 Å². The lowest BCUT2D eigenvalue weighted by molar-refractivity contribution is -0.132. The van der Waals surface area contributed by atoms with E-state index in [0.29, 0.717) is 25.1 Å². The smallest absolute Gasteiger partial charge is 0.254 e. The number of carbonyl (C=O) groups is 2. The minimum atomic E-state index is -0.549. The standard InChI is InChI=1S/C14H19N3O3/c1-2-12(18)17-8-5-10(6-9-17)20-14-11(13(15)19)4-3-7-16-14/h3-4,7,10H,2,5-6,8-9H2,1H3,(H2,15,19). The highest BCUT2D eigenvalue weighted by molar-refractivity contribution is 5.94. The number of carbonyl (C=O) groups excluding carboxylic acids is 2. The maximum Gasteiger partial charge on any atom is 0.254 e. The summed E-state index contributed by atoms with van der Waals surface area (Å²) >= 11 is 0. The average Bonchev–Trinajstić information content (AvgIpc) is 2.47. The maximum absolute atomic E-state index is 11.6. The second-order valence-electron chi connectivity index (χ2n) is 4.77. The summed E-state index contributed by atoms with van der Waals surface area (Å²) in [5.74, 6) is -0.105. The van der Waals surface area contributed by atoms with Crippen LogP contribution in [0.15, 0.2) is 18.3 Å². The van der Waals surface area contributed by atoms with Crippen molar-refractivity contribution in [3.63, 3.8) is 0 Å². The van der Waals surface area contributed by atoms with E-state index >= 15 is 0 Å². The number of primary amides is 1. The number of pyridine rings is 1.